The summed E-state index contributed by atoms with van der Waals surface area (Å²) in [6.45, 7) is 8.17. The number of rotatable bonds is 6. The first kappa shape index (κ1) is 14.1. The molecule has 17 heavy (non-hydrogen) atoms. The van der Waals surface area contributed by atoms with E-state index in [0.717, 1.165) is 13.1 Å². The molecule has 3 heteroatoms. The molecule has 0 spiro atoms. The molecule has 0 amide bonds. The fourth-order valence-electron chi connectivity index (χ4n) is 1.95. The quantitative estimate of drug-likeness (QED) is 0.825. The maximum Gasteiger partial charge on any atom is 0.123 e. The van der Waals surface area contributed by atoms with Crippen LogP contribution in [0.2, 0.25) is 0 Å². The molecule has 0 bridgehead atoms. The van der Waals surface area contributed by atoms with Crippen LogP contribution in [-0.2, 0) is 0 Å². The van der Waals surface area contributed by atoms with E-state index < -0.39 is 6.10 Å². The van der Waals surface area contributed by atoms with Crippen LogP contribution in [0.5, 0.6) is 0 Å². The zero-order valence-corrected chi connectivity index (χ0v) is 10.9. The molecule has 96 valence electrons. The molecule has 1 atom stereocenters. The second-order valence-corrected chi connectivity index (χ2v) is 4.58. The van der Waals surface area contributed by atoms with Gasteiger partial charge in [-0.2, -0.15) is 0 Å². The third kappa shape index (κ3) is 4.44. The Hall–Kier alpha value is -0.930. The van der Waals surface area contributed by atoms with Gasteiger partial charge in [-0.1, -0.05) is 19.1 Å². The maximum atomic E-state index is 13.0. The molecule has 0 saturated carbocycles. The van der Waals surface area contributed by atoms with Gasteiger partial charge in [-0.15, -0.1) is 0 Å². The molecule has 0 aliphatic rings. The number of halogens is 1. The van der Waals surface area contributed by atoms with Gasteiger partial charge >= 0.3 is 0 Å². The highest BCUT2D eigenvalue weighted by Crippen LogP contribution is 2.18. The minimum atomic E-state index is -0.585. The molecular formula is C14H22FNO. The first-order valence-corrected chi connectivity index (χ1v) is 6.22. The number of nitrogens with zero attached hydrogens (tertiary/aromatic N) is 1. The average Bonchev–Trinajstić information content (AvgIpc) is 2.29. The molecule has 0 fully saturated rings. The second-order valence-electron chi connectivity index (χ2n) is 4.58. The monoisotopic (exact) mass is 239 g/mol. The van der Waals surface area contributed by atoms with Crippen molar-refractivity contribution < 1.29 is 9.50 Å². The highest BCUT2D eigenvalue weighted by molar-refractivity contribution is 5.18. The predicted molar refractivity (Wildman–Crippen MR) is 68.4 cm³/mol. The van der Waals surface area contributed by atoms with Crippen molar-refractivity contribution in [1.29, 1.82) is 0 Å². The molecule has 0 saturated heterocycles. The third-order valence-corrected chi connectivity index (χ3v) is 3.06. The molecule has 1 aromatic rings. The minimum Gasteiger partial charge on any atom is -0.388 e. The molecule has 0 aromatic heterocycles. The molecule has 0 aliphatic carbocycles. The topological polar surface area (TPSA) is 23.5 Å². The second kappa shape index (κ2) is 6.72. The van der Waals surface area contributed by atoms with Gasteiger partial charge in [0, 0.05) is 12.6 Å². The van der Waals surface area contributed by atoms with Crippen molar-refractivity contribution in [2.45, 2.75) is 39.3 Å². The third-order valence-electron chi connectivity index (χ3n) is 3.06. The summed E-state index contributed by atoms with van der Waals surface area (Å²) in [5.41, 5.74) is 0.657. The van der Waals surface area contributed by atoms with Crippen molar-refractivity contribution in [1.82, 2.24) is 4.90 Å². The van der Waals surface area contributed by atoms with Crippen LogP contribution in [0.25, 0.3) is 0 Å². The smallest absolute Gasteiger partial charge is 0.123 e. The minimum absolute atomic E-state index is 0.294. The van der Waals surface area contributed by atoms with Crippen LogP contribution in [0, 0.1) is 5.82 Å². The van der Waals surface area contributed by atoms with Gasteiger partial charge in [0.15, 0.2) is 0 Å². The van der Waals surface area contributed by atoms with Crippen LogP contribution in [0.3, 0.4) is 0 Å². The molecule has 0 aliphatic heterocycles. The number of hydrogen-bond donors (Lipinski definition) is 1. The summed E-state index contributed by atoms with van der Waals surface area (Å²) in [7, 11) is 0. The Balaban J connectivity index is 2.52. The van der Waals surface area contributed by atoms with Gasteiger partial charge in [0.2, 0.25) is 0 Å². The molecule has 0 heterocycles. The highest BCUT2D eigenvalue weighted by Gasteiger charge is 2.12. The van der Waals surface area contributed by atoms with E-state index >= 15 is 0 Å². The van der Waals surface area contributed by atoms with E-state index in [1.54, 1.807) is 12.1 Å². The van der Waals surface area contributed by atoms with Gasteiger partial charge in [0.05, 0.1) is 6.10 Å². The molecule has 2 nitrogen and oxygen atoms in total. The lowest BCUT2D eigenvalue weighted by Gasteiger charge is -2.25. The number of benzene rings is 1. The summed E-state index contributed by atoms with van der Waals surface area (Å²) in [6, 6.07) is 6.66. The van der Waals surface area contributed by atoms with E-state index in [2.05, 4.69) is 25.7 Å². The van der Waals surface area contributed by atoms with Crippen molar-refractivity contribution in [3.63, 3.8) is 0 Å². The van der Waals surface area contributed by atoms with E-state index in [4.69, 9.17) is 0 Å². The molecular weight excluding hydrogens is 217 g/mol. The van der Waals surface area contributed by atoms with E-state index in [1.165, 1.54) is 12.1 Å². The number of aliphatic hydroxyl groups excluding tert-OH is 1. The van der Waals surface area contributed by atoms with Gasteiger partial charge in [0.1, 0.15) is 5.82 Å². The maximum absolute atomic E-state index is 13.0. The van der Waals surface area contributed by atoms with E-state index in [0.29, 0.717) is 18.0 Å². The lowest BCUT2D eigenvalue weighted by molar-refractivity contribution is 0.133. The Morgan fingerprint density at radius 3 is 2.59 bits per heavy atom. The van der Waals surface area contributed by atoms with Gasteiger partial charge in [0.25, 0.3) is 0 Å². The van der Waals surface area contributed by atoms with Gasteiger partial charge in [-0.05, 0) is 44.5 Å². The normalized spacial score (nSPS) is 13.4. The molecule has 1 N–H and O–H groups in total. The Morgan fingerprint density at radius 1 is 1.35 bits per heavy atom. The van der Waals surface area contributed by atoms with Crippen molar-refractivity contribution in [3.05, 3.63) is 35.6 Å². The van der Waals surface area contributed by atoms with E-state index in [1.807, 2.05) is 0 Å². The summed E-state index contributed by atoms with van der Waals surface area (Å²) in [4.78, 5) is 2.28. The summed E-state index contributed by atoms with van der Waals surface area (Å²) >= 11 is 0. The van der Waals surface area contributed by atoms with Crippen LogP contribution < -0.4 is 0 Å². The van der Waals surface area contributed by atoms with Crippen LogP contribution in [0.1, 0.15) is 38.9 Å². The van der Waals surface area contributed by atoms with Crippen LogP contribution in [0.4, 0.5) is 4.39 Å². The van der Waals surface area contributed by atoms with Crippen LogP contribution in [-0.4, -0.2) is 29.1 Å². The number of hydrogen-bond acceptors (Lipinski definition) is 2. The lowest BCUT2D eigenvalue weighted by atomic mass is 10.1. The molecule has 1 rings (SSSR count). The summed E-state index contributed by atoms with van der Waals surface area (Å²) < 4.78 is 13.0. The first-order chi connectivity index (χ1) is 8.04. The van der Waals surface area contributed by atoms with Crippen molar-refractivity contribution >= 4 is 0 Å². The van der Waals surface area contributed by atoms with Gasteiger partial charge in [-0.25, -0.2) is 4.39 Å². The van der Waals surface area contributed by atoms with Gasteiger partial charge < -0.3 is 10.0 Å². The lowest BCUT2D eigenvalue weighted by Crippen LogP contribution is -2.32. The van der Waals surface area contributed by atoms with E-state index in [9.17, 15) is 9.50 Å². The average molecular weight is 239 g/mol. The van der Waals surface area contributed by atoms with Gasteiger partial charge in [-0.3, -0.25) is 0 Å². The van der Waals surface area contributed by atoms with Crippen molar-refractivity contribution in [2.24, 2.45) is 0 Å². The zero-order valence-electron chi connectivity index (χ0n) is 10.9. The Bertz CT molecular complexity index is 341. The predicted octanol–water partition coefficient (Wildman–Crippen LogP) is 2.98. The van der Waals surface area contributed by atoms with Crippen molar-refractivity contribution in [3.8, 4) is 0 Å². The van der Waals surface area contributed by atoms with Crippen LogP contribution >= 0.6 is 0 Å². The Kier molecular flexibility index (Phi) is 5.59. The summed E-state index contributed by atoms with van der Waals surface area (Å²) in [5.74, 6) is -0.294. The summed E-state index contributed by atoms with van der Waals surface area (Å²) in [6.07, 6.45) is 0.0497. The zero-order chi connectivity index (χ0) is 12.8. The standard InChI is InChI=1S/C14H22FNO/c1-4-16(11(2)3)9-8-14(17)12-6-5-7-13(15)10-12/h5-7,10-11,14,17H,4,8-9H2,1-3H3. The number of aliphatic hydroxyl groups is 1. The van der Waals surface area contributed by atoms with Crippen LogP contribution in [0.15, 0.2) is 24.3 Å². The Morgan fingerprint density at radius 2 is 2.06 bits per heavy atom. The molecule has 1 aromatic carbocycles. The first-order valence-electron chi connectivity index (χ1n) is 6.22. The fourth-order valence-corrected chi connectivity index (χ4v) is 1.95. The fraction of sp³-hybridized carbons (Fsp3) is 0.571. The SMILES string of the molecule is CCN(CCC(O)c1cccc(F)c1)C(C)C. The van der Waals surface area contributed by atoms with E-state index in [-0.39, 0.29) is 5.82 Å². The van der Waals surface area contributed by atoms with Crippen molar-refractivity contribution in [2.75, 3.05) is 13.1 Å². The molecule has 1 unspecified atom stereocenters. The largest absolute Gasteiger partial charge is 0.388 e. The Labute approximate surface area is 103 Å². The molecule has 0 radical (unpaired) electrons. The highest BCUT2D eigenvalue weighted by atomic mass is 19.1. The summed E-state index contributed by atoms with van der Waals surface area (Å²) in [5, 5.41) is 9.98.